The highest BCUT2D eigenvalue weighted by Crippen LogP contribution is 2.33. The van der Waals surface area contributed by atoms with E-state index in [1.54, 1.807) is 0 Å². The van der Waals surface area contributed by atoms with Gasteiger partial charge in [0.05, 0.1) is 0 Å². The largest absolute Gasteiger partial charge is 0.480 e. The lowest BCUT2D eigenvalue weighted by molar-refractivity contribution is -0.152. The van der Waals surface area contributed by atoms with Crippen LogP contribution in [0.5, 0.6) is 0 Å². The van der Waals surface area contributed by atoms with E-state index in [1.807, 2.05) is 44.2 Å². The number of nitrogens with zero attached hydrogens (tertiary/aromatic N) is 1. The summed E-state index contributed by atoms with van der Waals surface area (Å²) in [5, 5.41) is 9.69. The highest BCUT2D eigenvalue weighted by atomic mass is 16.4. The van der Waals surface area contributed by atoms with E-state index in [0.717, 1.165) is 5.56 Å². The molecule has 1 atom stereocenters. The Kier molecular flexibility index (Phi) is 4.05. The van der Waals surface area contributed by atoms with E-state index >= 15 is 0 Å². The van der Waals surface area contributed by atoms with Crippen molar-refractivity contribution in [3.63, 3.8) is 0 Å². The average Bonchev–Trinajstić information content (AvgIpc) is 2.41. The van der Waals surface area contributed by atoms with Gasteiger partial charge in [0.2, 0.25) is 0 Å². The van der Waals surface area contributed by atoms with Crippen molar-refractivity contribution in [1.82, 2.24) is 4.90 Å². The molecule has 0 radical (unpaired) electrons. The zero-order valence-corrected chi connectivity index (χ0v) is 11.6. The summed E-state index contributed by atoms with van der Waals surface area (Å²) in [5.41, 5.74) is 1.58. The molecule has 0 aliphatic carbocycles. The molecular weight excluding hydrogens is 238 g/mol. The zero-order valence-electron chi connectivity index (χ0n) is 11.6. The molecular formula is C16H21NO2. The van der Waals surface area contributed by atoms with E-state index in [1.165, 1.54) is 5.57 Å². The van der Waals surface area contributed by atoms with Gasteiger partial charge in [-0.2, -0.15) is 0 Å². The van der Waals surface area contributed by atoms with Gasteiger partial charge < -0.3 is 5.11 Å². The number of carboxylic acid groups (broad SMARTS) is 1. The van der Waals surface area contributed by atoms with Crippen LogP contribution in [0.25, 0.3) is 0 Å². The Labute approximate surface area is 114 Å². The van der Waals surface area contributed by atoms with Crippen LogP contribution in [0.15, 0.2) is 42.0 Å². The lowest BCUT2D eigenvalue weighted by Gasteiger charge is -2.43. The molecule has 1 aromatic rings. The maximum atomic E-state index is 11.8. The Morgan fingerprint density at radius 3 is 2.63 bits per heavy atom. The standard InChI is InChI=1S/C16H21NO2/c1-3-16(15(18)19)11-13(2)9-10-17(16)12-14-7-5-4-6-8-14/h4-9H,3,10-12H2,1-2H3,(H,18,19)/t16-/m1/s1. The number of hydrogen-bond acceptors (Lipinski definition) is 2. The third kappa shape index (κ3) is 2.71. The Balaban J connectivity index is 2.28. The first-order valence-corrected chi connectivity index (χ1v) is 6.76. The molecule has 1 heterocycles. The predicted molar refractivity (Wildman–Crippen MR) is 75.9 cm³/mol. The van der Waals surface area contributed by atoms with E-state index in [2.05, 4.69) is 11.0 Å². The number of benzene rings is 1. The van der Waals surface area contributed by atoms with Crippen LogP contribution in [0.3, 0.4) is 0 Å². The van der Waals surface area contributed by atoms with E-state index in [-0.39, 0.29) is 0 Å². The van der Waals surface area contributed by atoms with Gasteiger partial charge in [-0.15, -0.1) is 0 Å². The Morgan fingerprint density at radius 2 is 2.05 bits per heavy atom. The normalized spacial score (nSPS) is 24.0. The molecule has 1 aromatic carbocycles. The van der Waals surface area contributed by atoms with Crippen LogP contribution in [0.4, 0.5) is 0 Å². The van der Waals surface area contributed by atoms with Gasteiger partial charge in [0.1, 0.15) is 5.54 Å². The fourth-order valence-electron chi connectivity index (χ4n) is 2.82. The molecule has 0 unspecified atom stereocenters. The van der Waals surface area contributed by atoms with Crippen LogP contribution in [0.2, 0.25) is 0 Å². The van der Waals surface area contributed by atoms with Crippen molar-refractivity contribution in [2.24, 2.45) is 0 Å². The van der Waals surface area contributed by atoms with Crippen molar-refractivity contribution in [1.29, 1.82) is 0 Å². The Bertz CT molecular complexity index is 481. The van der Waals surface area contributed by atoms with Crippen molar-refractivity contribution in [2.75, 3.05) is 6.54 Å². The average molecular weight is 259 g/mol. The first kappa shape index (κ1) is 13.8. The van der Waals surface area contributed by atoms with Crippen LogP contribution >= 0.6 is 0 Å². The lowest BCUT2D eigenvalue weighted by atomic mass is 9.83. The Morgan fingerprint density at radius 1 is 1.37 bits per heavy atom. The summed E-state index contributed by atoms with van der Waals surface area (Å²) in [7, 11) is 0. The molecule has 3 nitrogen and oxygen atoms in total. The van der Waals surface area contributed by atoms with Crippen molar-refractivity contribution < 1.29 is 9.90 Å². The van der Waals surface area contributed by atoms with Gasteiger partial charge >= 0.3 is 5.97 Å². The minimum Gasteiger partial charge on any atom is -0.480 e. The number of aliphatic carboxylic acids is 1. The summed E-state index contributed by atoms with van der Waals surface area (Å²) in [6.45, 7) is 5.38. The smallest absolute Gasteiger partial charge is 0.324 e. The van der Waals surface area contributed by atoms with Gasteiger partial charge in [-0.1, -0.05) is 48.9 Å². The monoisotopic (exact) mass is 259 g/mol. The predicted octanol–water partition coefficient (Wildman–Crippen LogP) is 3.07. The molecule has 0 spiro atoms. The molecule has 102 valence electrons. The van der Waals surface area contributed by atoms with Crippen molar-refractivity contribution in [3.05, 3.63) is 47.5 Å². The minimum atomic E-state index is -0.755. The summed E-state index contributed by atoms with van der Waals surface area (Å²) in [4.78, 5) is 13.9. The number of rotatable bonds is 4. The molecule has 19 heavy (non-hydrogen) atoms. The van der Waals surface area contributed by atoms with Crippen LogP contribution in [-0.2, 0) is 11.3 Å². The molecule has 1 N–H and O–H groups in total. The second-order valence-corrected chi connectivity index (χ2v) is 5.28. The summed E-state index contributed by atoms with van der Waals surface area (Å²) in [6.07, 6.45) is 3.38. The van der Waals surface area contributed by atoms with E-state index in [0.29, 0.717) is 25.9 Å². The third-order valence-corrected chi connectivity index (χ3v) is 4.04. The van der Waals surface area contributed by atoms with Crippen LogP contribution < -0.4 is 0 Å². The van der Waals surface area contributed by atoms with Crippen molar-refractivity contribution in [2.45, 2.75) is 38.8 Å². The van der Waals surface area contributed by atoms with E-state index in [9.17, 15) is 9.90 Å². The maximum Gasteiger partial charge on any atom is 0.324 e. The number of carbonyl (C=O) groups is 1. The zero-order chi connectivity index (χ0) is 13.9. The lowest BCUT2D eigenvalue weighted by Crippen LogP contribution is -2.55. The number of hydrogen-bond donors (Lipinski definition) is 1. The highest BCUT2D eigenvalue weighted by molar-refractivity contribution is 5.79. The molecule has 2 rings (SSSR count). The molecule has 3 heteroatoms. The summed E-state index contributed by atoms with van der Waals surface area (Å²) >= 11 is 0. The van der Waals surface area contributed by atoms with Crippen molar-refractivity contribution in [3.8, 4) is 0 Å². The van der Waals surface area contributed by atoms with Crippen LogP contribution in [0.1, 0.15) is 32.3 Å². The summed E-state index contributed by atoms with van der Waals surface area (Å²) in [5.74, 6) is -0.710. The molecule has 0 saturated carbocycles. The second kappa shape index (κ2) is 5.57. The first-order chi connectivity index (χ1) is 9.08. The van der Waals surface area contributed by atoms with Gasteiger partial charge in [0.15, 0.2) is 0 Å². The highest BCUT2D eigenvalue weighted by Gasteiger charge is 2.44. The molecule has 0 aromatic heterocycles. The quantitative estimate of drug-likeness (QED) is 0.845. The van der Waals surface area contributed by atoms with Gasteiger partial charge in [-0.3, -0.25) is 9.69 Å². The Hall–Kier alpha value is -1.61. The molecule has 0 saturated heterocycles. The fourth-order valence-corrected chi connectivity index (χ4v) is 2.82. The van der Waals surface area contributed by atoms with E-state index in [4.69, 9.17) is 0 Å². The summed E-state index contributed by atoms with van der Waals surface area (Å²) in [6, 6.07) is 10.1. The van der Waals surface area contributed by atoms with Gasteiger partial charge in [0, 0.05) is 13.1 Å². The summed E-state index contributed by atoms with van der Waals surface area (Å²) < 4.78 is 0. The third-order valence-electron chi connectivity index (χ3n) is 4.04. The first-order valence-electron chi connectivity index (χ1n) is 6.76. The van der Waals surface area contributed by atoms with Gasteiger partial charge in [-0.25, -0.2) is 0 Å². The van der Waals surface area contributed by atoms with Crippen LogP contribution in [0, 0.1) is 0 Å². The number of carboxylic acids is 1. The molecule has 0 bridgehead atoms. The second-order valence-electron chi connectivity index (χ2n) is 5.28. The SMILES string of the molecule is CC[C@]1(C(=O)O)CC(C)=CCN1Cc1ccccc1. The molecule has 1 aliphatic heterocycles. The molecule has 1 aliphatic rings. The molecule has 0 amide bonds. The fraction of sp³-hybridized carbons (Fsp3) is 0.438. The van der Waals surface area contributed by atoms with Crippen LogP contribution in [-0.4, -0.2) is 28.1 Å². The maximum absolute atomic E-state index is 11.8. The van der Waals surface area contributed by atoms with Gasteiger partial charge in [0.25, 0.3) is 0 Å². The molecule has 0 fully saturated rings. The van der Waals surface area contributed by atoms with Crippen molar-refractivity contribution >= 4 is 5.97 Å². The van der Waals surface area contributed by atoms with E-state index < -0.39 is 11.5 Å². The van der Waals surface area contributed by atoms with Gasteiger partial charge in [-0.05, 0) is 25.3 Å². The minimum absolute atomic E-state index is 0.617. The topological polar surface area (TPSA) is 40.5 Å².